The second-order valence-electron chi connectivity index (χ2n) is 5.49. The third kappa shape index (κ3) is 3.43. The van der Waals surface area contributed by atoms with E-state index in [-0.39, 0.29) is 5.24 Å². The molecular weight excluding hydrogens is 348 g/mol. The molecule has 0 aliphatic carbocycles. The lowest BCUT2D eigenvalue weighted by molar-refractivity contribution is 0.265. The van der Waals surface area contributed by atoms with Gasteiger partial charge in [0, 0.05) is 18.5 Å². The predicted octanol–water partition coefficient (Wildman–Crippen LogP) is 4.17. The van der Waals surface area contributed by atoms with Crippen LogP contribution in [-0.4, -0.2) is 28.2 Å². The van der Waals surface area contributed by atoms with Crippen molar-refractivity contribution in [1.29, 1.82) is 0 Å². The Balaban J connectivity index is 1.71. The molecule has 1 fully saturated rings. The van der Waals surface area contributed by atoms with E-state index < -0.39 is 0 Å². The first-order valence-electron chi connectivity index (χ1n) is 7.86. The Morgan fingerprint density at radius 2 is 1.96 bits per heavy atom. The molecule has 6 nitrogen and oxygen atoms in total. The molecule has 0 spiro atoms. The number of rotatable bonds is 3. The molecule has 128 valence electrons. The Labute approximate surface area is 154 Å². The van der Waals surface area contributed by atoms with Gasteiger partial charge in [-0.1, -0.05) is 12.1 Å². The number of methoxy groups -OCH3 is 1. The topological polar surface area (TPSA) is 76.5 Å². The van der Waals surface area contributed by atoms with Gasteiger partial charge in [0.25, 0.3) is 5.24 Å². The summed E-state index contributed by atoms with van der Waals surface area (Å²) in [6.07, 6.45) is 5.23. The van der Waals surface area contributed by atoms with Crippen molar-refractivity contribution in [1.82, 2.24) is 15.3 Å². The zero-order valence-corrected chi connectivity index (χ0v) is 14.7. The Morgan fingerprint density at radius 3 is 2.81 bits per heavy atom. The number of benzene rings is 2. The Kier molecular flexibility index (Phi) is 4.37. The molecule has 4 rings (SSSR count). The fourth-order valence-corrected chi connectivity index (χ4v) is 3.28. The number of amides is 1. The van der Waals surface area contributed by atoms with Gasteiger partial charge in [-0.15, -0.1) is 0 Å². The van der Waals surface area contributed by atoms with Gasteiger partial charge in [-0.2, -0.15) is 0 Å². The van der Waals surface area contributed by atoms with Gasteiger partial charge in [0.1, 0.15) is 11.6 Å². The number of nitrogens with zero attached hydrogens (tertiary/aromatic N) is 3. The van der Waals surface area contributed by atoms with Crippen molar-refractivity contribution in [3.63, 3.8) is 0 Å². The van der Waals surface area contributed by atoms with E-state index in [4.69, 9.17) is 4.74 Å². The molecule has 2 aromatic carbocycles. The molecule has 1 aromatic heterocycles. The van der Waals surface area contributed by atoms with Gasteiger partial charge >= 0.3 is 0 Å². The molecule has 0 radical (unpaired) electrons. The second-order valence-corrected chi connectivity index (χ2v) is 6.50. The highest BCUT2D eigenvalue weighted by atomic mass is 32.2. The fourth-order valence-electron chi connectivity index (χ4n) is 2.54. The first-order valence-corrected chi connectivity index (χ1v) is 8.67. The van der Waals surface area contributed by atoms with Gasteiger partial charge in [0.2, 0.25) is 0 Å². The maximum absolute atomic E-state index is 11.9. The quantitative estimate of drug-likeness (QED) is 0.757. The summed E-state index contributed by atoms with van der Waals surface area (Å²) in [6.45, 7) is 0. The number of hydrogen-bond acceptors (Lipinski definition) is 6. The highest BCUT2D eigenvalue weighted by Crippen LogP contribution is 2.29. The summed E-state index contributed by atoms with van der Waals surface area (Å²) in [5.41, 5.74) is 3.26. The van der Waals surface area contributed by atoms with E-state index in [1.165, 1.54) is 0 Å². The lowest BCUT2D eigenvalue weighted by atomic mass is 10.1. The number of nitrogens with one attached hydrogen (secondary N) is 1. The van der Waals surface area contributed by atoms with Gasteiger partial charge in [-0.3, -0.25) is 14.8 Å². The van der Waals surface area contributed by atoms with Gasteiger partial charge in [-0.25, -0.2) is 4.99 Å². The molecule has 1 aliphatic heterocycles. The van der Waals surface area contributed by atoms with Crippen LogP contribution in [0.25, 0.3) is 17.1 Å². The van der Waals surface area contributed by atoms with Crippen molar-refractivity contribution in [3.8, 4) is 5.75 Å². The zero-order chi connectivity index (χ0) is 17.9. The van der Waals surface area contributed by atoms with Crippen LogP contribution in [-0.2, 0) is 0 Å². The lowest BCUT2D eigenvalue weighted by Crippen LogP contribution is -2.18. The SMILES string of the molecule is COc1cccc(N=C2NC(=O)S/C2=C/c2ccc3nccnc3c2)c1. The second kappa shape index (κ2) is 6.97. The van der Waals surface area contributed by atoms with Crippen molar-refractivity contribution >= 4 is 45.6 Å². The average Bonchev–Trinajstić information content (AvgIpc) is 3.00. The van der Waals surface area contributed by atoms with E-state index in [1.54, 1.807) is 19.5 Å². The van der Waals surface area contributed by atoms with Crippen molar-refractivity contribution in [2.75, 3.05) is 7.11 Å². The molecular formula is C19H14N4O2S. The largest absolute Gasteiger partial charge is 0.497 e. The van der Waals surface area contributed by atoms with E-state index in [0.29, 0.717) is 17.3 Å². The van der Waals surface area contributed by atoms with Crippen LogP contribution in [0.4, 0.5) is 10.5 Å². The molecule has 26 heavy (non-hydrogen) atoms. The number of fused-ring (bicyclic) bond motifs is 1. The Hall–Kier alpha value is -3.19. The van der Waals surface area contributed by atoms with E-state index in [2.05, 4.69) is 20.3 Å². The monoisotopic (exact) mass is 362 g/mol. The first kappa shape index (κ1) is 16.3. The molecule has 1 aliphatic rings. The van der Waals surface area contributed by atoms with E-state index in [0.717, 1.165) is 33.3 Å². The molecule has 2 heterocycles. The zero-order valence-electron chi connectivity index (χ0n) is 13.8. The van der Waals surface area contributed by atoms with Crippen LogP contribution in [0, 0.1) is 0 Å². The number of ether oxygens (including phenoxy) is 1. The molecule has 1 saturated heterocycles. The molecule has 7 heteroatoms. The highest BCUT2D eigenvalue weighted by molar-refractivity contribution is 8.18. The van der Waals surface area contributed by atoms with Crippen molar-refractivity contribution < 1.29 is 9.53 Å². The summed E-state index contributed by atoms with van der Waals surface area (Å²) in [4.78, 5) is 25.7. The molecule has 1 N–H and O–H groups in total. The van der Waals surface area contributed by atoms with Crippen LogP contribution in [0.15, 0.2) is 64.8 Å². The smallest absolute Gasteiger partial charge is 0.289 e. The summed E-state index contributed by atoms with van der Waals surface area (Å²) >= 11 is 1.12. The number of aliphatic imine (C=N–C) groups is 1. The van der Waals surface area contributed by atoms with Crippen LogP contribution >= 0.6 is 11.8 Å². The van der Waals surface area contributed by atoms with Gasteiger partial charge in [-0.05, 0) is 47.7 Å². The normalized spacial score (nSPS) is 17.0. The number of carbonyl (C=O) groups excluding carboxylic acids is 1. The van der Waals surface area contributed by atoms with Gasteiger partial charge in [0.05, 0.1) is 28.7 Å². The Morgan fingerprint density at radius 1 is 1.12 bits per heavy atom. The number of aromatic nitrogens is 2. The average molecular weight is 362 g/mol. The van der Waals surface area contributed by atoms with Crippen LogP contribution in [0.5, 0.6) is 5.75 Å². The van der Waals surface area contributed by atoms with Crippen LogP contribution in [0.2, 0.25) is 0 Å². The summed E-state index contributed by atoms with van der Waals surface area (Å²) in [7, 11) is 1.60. The summed E-state index contributed by atoms with van der Waals surface area (Å²) in [5.74, 6) is 1.23. The lowest BCUT2D eigenvalue weighted by Gasteiger charge is -2.03. The molecule has 0 unspecified atom stereocenters. The van der Waals surface area contributed by atoms with Crippen molar-refractivity contribution in [2.24, 2.45) is 4.99 Å². The first-order chi connectivity index (χ1) is 12.7. The van der Waals surface area contributed by atoms with Gasteiger partial charge in [0.15, 0.2) is 0 Å². The van der Waals surface area contributed by atoms with Gasteiger partial charge < -0.3 is 10.1 Å². The maximum Gasteiger partial charge on any atom is 0.289 e. The highest BCUT2D eigenvalue weighted by Gasteiger charge is 2.23. The molecule has 0 bridgehead atoms. The molecule has 0 atom stereocenters. The number of hydrogen-bond donors (Lipinski definition) is 1. The van der Waals surface area contributed by atoms with E-state index in [1.807, 2.05) is 48.5 Å². The number of carbonyl (C=O) groups is 1. The molecule has 3 aromatic rings. The molecule has 0 saturated carbocycles. The minimum Gasteiger partial charge on any atom is -0.497 e. The Bertz CT molecular complexity index is 1060. The van der Waals surface area contributed by atoms with Crippen molar-refractivity contribution in [2.45, 2.75) is 0 Å². The predicted molar refractivity (Wildman–Crippen MR) is 104 cm³/mol. The minimum absolute atomic E-state index is 0.154. The van der Waals surface area contributed by atoms with E-state index in [9.17, 15) is 4.79 Å². The minimum atomic E-state index is -0.154. The number of amidine groups is 1. The van der Waals surface area contributed by atoms with Crippen LogP contribution in [0.1, 0.15) is 5.56 Å². The summed E-state index contributed by atoms with van der Waals surface area (Å²) in [6, 6.07) is 13.1. The number of thioether (sulfide) groups is 1. The standard InChI is InChI=1S/C19H14N4O2S/c1-25-14-4-2-3-13(11-14)22-18-17(26-19(24)23-18)10-12-5-6-15-16(9-12)21-8-7-20-15/h2-11H,1H3,(H,22,23,24)/b17-10+. The maximum atomic E-state index is 11.9. The summed E-state index contributed by atoms with van der Waals surface area (Å²) in [5, 5.41) is 2.63. The van der Waals surface area contributed by atoms with Crippen molar-refractivity contribution in [3.05, 3.63) is 65.3 Å². The van der Waals surface area contributed by atoms with Crippen LogP contribution < -0.4 is 10.1 Å². The van der Waals surface area contributed by atoms with Crippen LogP contribution in [0.3, 0.4) is 0 Å². The molecule has 1 amide bonds. The third-order valence-corrected chi connectivity index (χ3v) is 4.56. The summed E-state index contributed by atoms with van der Waals surface area (Å²) < 4.78 is 5.21. The third-order valence-electron chi connectivity index (χ3n) is 3.74. The fraction of sp³-hybridized carbons (Fsp3) is 0.0526. The van der Waals surface area contributed by atoms with E-state index >= 15 is 0 Å².